The van der Waals surface area contributed by atoms with Crippen molar-refractivity contribution in [2.24, 2.45) is 0 Å². The van der Waals surface area contributed by atoms with Gasteiger partial charge in [0.15, 0.2) is 6.61 Å². The number of ether oxygens (including phenoxy) is 2. The van der Waals surface area contributed by atoms with Crippen LogP contribution >= 0.6 is 0 Å². The van der Waals surface area contributed by atoms with Crippen LogP contribution in [0.5, 0.6) is 11.5 Å². The second-order valence-corrected chi connectivity index (χ2v) is 3.77. The van der Waals surface area contributed by atoms with Crippen LogP contribution < -0.4 is 14.8 Å². The molecule has 0 aliphatic heterocycles. The fourth-order valence-electron chi connectivity index (χ4n) is 1.54. The third-order valence-corrected chi connectivity index (χ3v) is 2.37. The molecule has 0 fully saturated rings. The Bertz CT molecular complexity index is 621. The van der Waals surface area contributed by atoms with Gasteiger partial charge in [0.05, 0.1) is 5.69 Å². The van der Waals surface area contributed by atoms with Gasteiger partial charge in [-0.15, -0.1) is 0 Å². The van der Waals surface area contributed by atoms with Gasteiger partial charge >= 0.3 is 6.09 Å². The number of para-hydroxylation sites is 3. The summed E-state index contributed by atoms with van der Waals surface area (Å²) in [5.74, 6) is 0.861. The summed E-state index contributed by atoms with van der Waals surface area (Å²) in [6.45, 7) is -0.0908. The van der Waals surface area contributed by atoms with Gasteiger partial charge in [0.2, 0.25) is 0 Å². The lowest BCUT2D eigenvalue weighted by atomic mass is 10.3. The molecule has 0 aliphatic rings. The van der Waals surface area contributed by atoms with E-state index in [9.17, 15) is 4.79 Å². The number of nitriles is 1. The van der Waals surface area contributed by atoms with Crippen molar-refractivity contribution in [1.29, 1.82) is 5.26 Å². The van der Waals surface area contributed by atoms with Crippen molar-refractivity contribution in [2.75, 3.05) is 11.9 Å². The molecule has 2 aromatic carbocycles. The zero-order valence-corrected chi connectivity index (χ0v) is 10.6. The topological polar surface area (TPSA) is 71.3 Å². The summed E-state index contributed by atoms with van der Waals surface area (Å²) >= 11 is 0. The SMILES string of the molecule is N#CCOc1ccccc1NC(=O)Oc1ccccc1. The highest BCUT2D eigenvalue weighted by Gasteiger charge is 2.09. The highest BCUT2D eigenvalue weighted by Crippen LogP contribution is 2.24. The van der Waals surface area contributed by atoms with Crippen LogP contribution in [-0.2, 0) is 0 Å². The summed E-state index contributed by atoms with van der Waals surface area (Å²) in [7, 11) is 0. The molecule has 20 heavy (non-hydrogen) atoms. The first kappa shape index (κ1) is 13.4. The number of nitrogens with one attached hydrogen (secondary N) is 1. The highest BCUT2D eigenvalue weighted by molar-refractivity contribution is 5.88. The Kier molecular flexibility index (Phi) is 4.57. The summed E-state index contributed by atoms with van der Waals surface area (Å²) < 4.78 is 10.3. The first-order valence-corrected chi connectivity index (χ1v) is 5.92. The van der Waals surface area contributed by atoms with E-state index in [1.807, 2.05) is 12.1 Å². The average molecular weight is 268 g/mol. The lowest BCUT2D eigenvalue weighted by Gasteiger charge is -2.10. The molecule has 0 spiro atoms. The van der Waals surface area contributed by atoms with Gasteiger partial charge in [0.25, 0.3) is 0 Å². The number of nitrogens with zero attached hydrogens (tertiary/aromatic N) is 1. The van der Waals surface area contributed by atoms with Gasteiger partial charge in [0.1, 0.15) is 17.6 Å². The predicted molar refractivity (Wildman–Crippen MR) is 73.6 cm³/mol. The molecule has 0 radical (unpaired) electrons. The molecule has 0 aromatic heterocycles. The fourth-order valence-corrected chi connectivity index (χ4v) is 1.54. The van der Waals surface area contributed by atoms with E-state index < -0.39 is 6.09 Å². The van der Waals surface area contributed by atoms with Crippen molar-refractivity contribution in [1.82, 2.24) is 0 Å². The first-order chi connectivity index (χ1) is 9.79. The number of hydrogen-bond acceptors (Lipinski definition) is 4. The number of rotatable bonds is 4. The minimum absolute atomic E-state index is 0.0908. The molecule has 5 heteroatoms. The molecular weight excluding hydrogens is 256 g/mol. The maximum atomic E-state index is 11.8. The maximum Gasteiger partial charge on any atom is 0.417 e. The number of benzene rings is 2. The van der Waals surface area contributed by atoms with Crippen LogP contribution in [0, 0.1) is 11.3 Å². The van der Waals surface area contributed by atoms with Crippen LogP contribution in [0.4, 0.5) is 10.5 Å². The Morgan fingerprint density at radius 3 is 2.55 bits per heavy atom. The lowest BCUT2D eigenvalue weighted by molar-refractivity contribution is 0.215. The normalized spacial score (nSPS) is 9.35. The lowest BCUT2D eigenvalue weighted by Crippen LogP contribution is -2.17. The van der Waals surface area contributed by atoms with Gasteiger partial charge in [-0.2, -0.15) is 5.26 Å². The molecule has 2 aromatic rings. The van der Waals surface area contributed by atoms with Crippen molar-refractivity contribution in [3.63, 3.8) is 0 Å². The van der Waals surface area contributed by atoms with Crippen LogP contribution in [0.15, 0.2) is 54.6 Å². The minimum Gasteiger partial charge on any atom is -0.477 e. The largest absolute Gasteiger partial charge is 0.477 e. The number of carbonyl (C=O) groups is 1. The second-order valence-electron chi connectivity index (χ2n) is 3.77. The van der Waals surface area contributed by atoms with Crippen molar-refractivity contribution in [3.8, 4) is 17.6 Å². The number of amides is 1. The van der Waals surface area contributed by atoms with Gasteiger partial charge in [-0.05, 0) is 24.3 Å². The van der Waals surface area contributed by atoms with Crippen LogP contribution in [0.1, 0.15) is 0 Å². The van der Waals surface area contributed by atoms with E-state index in [0.717, 1.165) is 0 Å². The Hall–Kier alpha value is -3.00. The van der Waals surface area contributed by atoms with Crippen LogP contribution in [-0.4, -0.2) is 12.7 Å². The van der Waals surface area contributed by atoms with Gasteiger partial charge in [0, 0.05) is 0 Å². The third-order valence-electron chi connectivity index (χ3n) is 2.37. The smallest absolute Gasteiger partial charge is 0.417 e. The molecule has 0 saturated heterocycles. The van der Waals surface area contributed by atoms with Crippen LogP contribution in [0.3, 0.4) is 0 Å². The average Bonchev–Trinajstić information content (AvgIpc) is 2.47. The summed E-state index contributed by atoms with van der Waals surface area (Å²) in [5.41, 5.74) is 0.448. The van der Waals surface area contributed by atoms with E-state index in [-0.39, 0.29) is 6.61 Å². The van der Waals surface area contributed by atoms with Gasteiger partial charge < -0.3 is 9.47 Å². The predicted octanol–water partition coefficient (Wildman–Crippen LogP) is 3.20. The molecule has 1 N–H and O–H groups in total. The van der Waals surface area contributed by atoms with E-state index in [1.165, 1.54) is 0 Å². The Morgan fingerprint density at radius 2 is 1.80 bits per heavy atom. The molecule has 0 bridgehead atoms. The van der Waals surface area contributed by atoms with Crippen molar-refractivity contribution in [2.45, 2.75) is 0 Å². The monoisotopic (exact) mass is 268 g/mol. The van der Waals surface area contributed by atoms with Gasteiger partial charge in [-0.1, -0.05) is 30.3 Å². The van der Waals surface area contributed by atoms with E-state index in [2.05, 4.69) is 5.32 Å². The highest BCUT2D eigenvalue weighted by atomic mass is 16.6. The zero-order valence-electron chi connectivity index (χ0n) is 10.6. The molecule has 0 unspecified atom stereocenters. The molecule has 1 amide bonds. The quantitative estimate of drug-likeness (QED) is 0.924. The fraction of sp³-hybridized carbons (Fsp3) is 0.0667. The summed E-state index contributed by atoms with van der Waals surface area (Å²) in [6, 6.07) is 17.4. The molecule has 0 saturated carbocycles. The summed E-state index contributed by atoms with van der Waals surface area (Å²) in [5, 5.41) is 11.1. The number of anilines is 1. The van der Waals surface area contributed by atoms with Crippen LogP contribution in [0.25, 0.3) is 0 Å². The zero-order chi connectivity index (χ0) is 14.2. The molecular formula is C15H12N2O3. The molecule has 0 atom stereocenters. The standard InChI is InChI=1S/C15H12N2O3/c16-10-11-19-14-9-5-4-8-13(14)17-15(18)20-12-6-2-1-3-7-12/h1-9H,11H2,(H,17,18). The Labute approximate surface area is 116 Å². The van der Waals surface area contributed by atoms with E-state index in [4.69, 9.17) is 14.7 Å². The van der Waals surface area contributed by atoms with Crippen LogP contribution in [0.2, 0.25) is 0 Å². The molecule has 2 rings (SSSR count). The van der Waals surface area contributed by atoms with E-state index in [1.54, 1.807) is 48.5 Å². The summed E-state index contributed by atoms with van der Waals surface area (Å²) in [4.78, 5) is 11.8. The minimum atomic E-state index is -0.621. The maximum absolute atomic E-state index is 11.8. The molecule has 100 valence electrons. The first-order valence-electron chi connectivity index (χ1n) is 5.92. The van der Waals surface area contributed by atoms with Crippen molar-refractivity contribution < 1.29 is 14.3 Å². The van der Waals surface area contributed by atoms with E-state index in [0.29, 0.717) is 17.2 Å². The Balaban J connectivity index is 2.02. The molecule has 5 nitrogen and oxygen atoms in total. The summed E-state index contributed by atoms with van der Waals surface area (Å²) in [6.07, 6.45) is -0.621. The van der Waals surface area contributed by atoms with Crippen molar-refractivity contribution >= 4 is 11.8 Å². The number of carbonyl (C=O) groups excluding carboxylic acids is 1. The van der Waals surface area contributed by atoms with Gasteiger partial charge in [-0.25, -0.2) is 4.79 Å². The number of hydrogen-bond donors (Lipinski definition) is 1. The molecule has 0 heterocycles. The third kappa shape index (κ3) is 3.75. The Morgan fingerprint density at radius 1 is 1.10 bits per heavy atom. The molecule has 0 aliphatic carbocycles. The van der Waals surface area contributed by atoms with Gasteiger partial charge in [-0.3, -0.25) is 5.32 Å². The van der Waals surface area contributed by atoms with E-state index >= 15 is 0 Å². The second kappa shape index (κ2) is 6.81. The van der Waals surface area contributed by atoms with Crippen molar-refractivity contribution in [3.05, 3.63) is 54.6 Å².